The standard InChI is InChI=1S/C11H13N3/c12-6-9-3-4-11(14-7-9)10(13)5-8-1-2-8/h3-4,7-8,10H,1-2,5,13H2/t10-/m1/s1. The van der Waals surface area contributed by atoms with E-state index in [0.29, 0.717) is 5.56 Å². The second kappa shape index (κ2) is 3.77. The number of hydrogen-bond acceptors (Lipinski definition) is 3. The molecule has 0 bridgehead atoms. The summed E-state index contributed by atoms with van der Waals surface area (Å²) in [5.41, 5.74) is 7.47. The summed E-state index contributed by atoms with van der Waals surface area (Å²) in [6.07, 6.45) is 5.23. The van der Waals surface area contributed by atoms with E-state index in [-0.39, 0.29) is 6.04 Å². The van der Waals surface area contributed by atoms with Crippen LogP contribution in [0.4, 0.5) is 0 Å². The maximum Gasteiger partial charge on any atom is 0.101 e. The average Bonchev–Trinajstić information content (AvgIpc) is 3.02. The Morgan fingerprint density at radius 1 is 1.57 bits per heavy atom. The normalized spacial score (nSPS) is 17.4. The van der Waals surface area contributed by atoms with Crippen molar-refractivity contribution in [2.45, 2.75) is 25.3 Å². The third-order valence-electron chi connectivity index (χ3n) is 2.58. The minimum atomic E-state index is 0.0373. The van der Waals surface area contributed by atoms with Crippen LogP contribution >= 0.6 is 0 Å². The van der Waals surface area contributed by atoms with Crippen molar-refractivity contribution in [1.82, 2.24) is 4.98 Å². The summed E-state index contributed by atoms with van der Waals surface area (Å²) in [7, 11) is 0. The molecule has 3 heteroatoms. The molecule has 1 aliphatic carbocycles. The fourth-order valence-corrected chi connectivity index (χ4v) is 1.52. The van der Waals surface area contributed by atoms with Crippen LogP contribution in [0.3, 0.4) is 0 Å². The summed E-state index contributed by atoms with van der Waals surface area (Å²) < 4.78 is 0. The lowest BCUT2D eigenvalue weighted by Crippen LogP contribution is -2.12. The van der Waals surface area contributed by atoms with Gasteiger partial charge in [0.2, 0.25) is 0 Å². The van der Waals surface area contributed by atoms with Crippen molar-refractivity contribution < 1.29 is 0 Å². The van der Waals surface area contributed by atoms with Crippen molar-refractivity contribution >= 4 is 0 Å². The van der Waals surface area contributed by atoms with Gasteiger partial charge in [-0.2, -0.15) is 5.26 Å². The van der Waals surface area contributed by atoms with E-state index in [9.17, 15) is 0 Å². The molecule has 1 heterocycles. The molecule has 0 spiro atoms. The molecule has 72 valence electrons. The molecule has 0 unspecified atom stereocenters. The average molecular weight is 187 g/mol. The van der Waals surface area contributed by atoms with Crippen LogP contribution in [-0.4, -0.2) is 4.98 Å². The Morgan fingerprint density at radius 2 is 2.36 bits per heavy atom. The van der Waals surface area contributed by atoms with Gasteiger partial charge < -0.3 is 5.73 Å². The van der Waals surface area contributed by atoms with E-state index in [4.69, 9.17) is 11.0 Å². The lowest BCUT2D eigenvalue weighted by atomic mass is 10.1. The summed E-state index contributed by atoms with van der Waals surface area (Å²) >= 11 is 0. The van der Waals surface area contributed by atoms with Crippen molar-refractivity contribution in [3.8, 4) is 6.07 Å². The van der Waals surface area contributed by atoms with Gasteiger partial charge in [0.05, 0.1) is 11.3 Å². The van der Waals surface area contributed by atoms with E-state index in [1.165, 1.54) is 12.8 Å². The second-order valence-electron chi connectivity index (χ2n) is 3.87. The van der Waals surface area contributed by atoms with Crippen molar-refractivity contribution in [3.63, 3.8) is 0 Å². The Morgan fingerprint density at radius 3 is 2.86 bits per heavy atom. The predicted molar refractivity (Wildman–Crippen MR) is 53.2 cm³/mol. The third kappa shape index (κ3) is 2.09. The molecule has 1 fully saturated rings. The Hall–Kier alpha value is -1.40. The fraction of sp³-hybridized carbons (Fsp3) is 0.455. The fourth-order valence-electron chi connectivity index (χ4n) is 1.52. The van der Waals surface area contributed by atoms with Gasteiger partial charge in [0.1, 0.15) is 6.07 Å². The van der Waals surface area contributed by atoms with Crippen molar-refractivity contribution in [2.24, 2.45) is 11.7 Å². The van der Waals surface area contributed by atoms with E-state index in [1.807, 2.05) is 12.1 Å². The Bertz CT molecular complexity index is 346. The number of pyridine rings is 1. The number of hydrogen-bond donors (Lipinski definition) is 1. The van der Waals surface area contributed by atoms with Gasteiger partial charge in [0.15, 0.2) is 0 Å². The SMILES string of the molecule is N#Cc1ccc([C@H](N)CC2CC2)nc1. The maximum absolute atomic E-state index is 8.60. The van der Waals surface area contributed by atoms with Crippen LogP contribution in [0.2, 0.25) is 0 Å². The van der Waals surface area contributed by atoms with Crippen LogP contribution in [-0.2, 0) is 0 Å². The molecule has 2 rings (SSSR count). The monoisotopic (exact) mass is 187 g/mol. The first kappa shape index (κ1) is 9.17. The third-order valence-corrected chi connectivity index (χ3v) is 2.58. The predicted octanol–water partition coefficient (Wildman–Crippen LogP) is 1.75. The molecule has 0 radical (unpaired) electrons. The quantitative estimate of drug-likeness (QED) is 0.784. The van der Waals surface area contributed by atoms with E-state index in [1.54, 1.807) is 12.3 Å². The van der Waals surface area contributed by atoms with Gasteiger partial charge in [-0.05, 0) is 24.5 Å². The van der Waals surface area contributed by atoms with Crippen molar-refractivity contribution in [1.29, 1.82) is 5.26 Å². The lowest BCUT2D eigenvalue weighted by Gasteiger charge is -2.09. The Kier molecular flexibility index (Phi) is 2.47. The number of rotatable bonds is 3. The van der Waals surface area contributed by atoms with Crippen LogP contribution < -0.4 is 5.73 Å². The summed E-state index contributed by atoms with van der Waals surface area (Å²) in [6, 6.07) is 5.71. The Balaban J connectivity index is 2.04. The first-order chi connectivity index (χ1) is 6.79. The zero-order valence-electron chi connectivity index (χ0n) is 7.98. The zero-order chi connectivity index (χ0) is 9.97. The van der Waals surface area contributed by atoms with Gasteiger partial charge in [-0.1, -0.05) is 12.8 Å². The number of aromatic nitrogens is 1. The smallest absolute Gasteiger partial charge is 0.101 e. The highest BCUT2D eigenvalue weighted by Gasteiger charge is 2.24. The summed E-state index contributed by atoms with van der Waals surface area (Å²) in [4.78, 5) is 4.18. The summed E-state index contributed by atoms with van der Waals surface area (Å²) in [5.74, 6) is 0.808. The topological polar surface area (TPSA) is 62.7 Å². The van der Waals surface area contributed by atoms with Gasteiger partial charge >= 0.3 is 0 Å². The summed E-state index contributed by atoms with van der Waals surface area (Å²) in [5, 5.41) is 8.60. The van der Waals surface area contributed by atoms with E-state index >= 15 is 0 Å². The van der Waals surface area contributed by atoms with Gasteiger partial charge in [0, 0.05) is 12.2 Å². The largest absolute Gasteiger partial charge is 0.323 e. The van der Waals surface area contributed by atoms with E-state index in [0.717, 1.165) is 18.0 Å². The minimum Gasteiger partial charge on any atom is -0.323 e. The molecule has 1 aromatic rings. The molecular formula is C11H13N3. The molecule has 1 aliphatic rings. The van der Waals surface area contributed by atoms with Crippen LogP contribution in [0.5, 0.6) is 0 Å². The molecule has 0 amide bonds. The molecular weight excluding hydrogens is 174 g/mol. The molecule has 0 aromatic carbocycles. The first-order valence-corrected chi connectivity index (χ1v) is 4.91. The van der Waals surface area contributed by atoms with Gasteiger partial charge in [0.25, 0.3) is 0 Å². The second-order valence-corrected chi connectivity index (χ2v) is 3.87. The minimum absolute atomic E-state index is 0.0373. The van der Waals surface area contributed by atoms with Gasteiger partial charge in [-0.15, -0.1) is 0 Å². The van der Waals surface area contributed by atoms with Crippen molar-refractivity contribution in [2.75, 3.05) is 0 Å². The molecule has 0 saturated heterocycles. The van der Waals surface area contributed by atoms with Gasteiger partial charge in [-0.25, -0.2) is 0 Å². The maximum atomic E-state index is 8.60. The van der Waals surface area contributed by atoms with E-state index < -0.39 is 0 Å². The summed E-state index contributed by atoms with van der Waals surface area (Å²) in [6.45, 7) is 0. The van der Waals surface area contributed by atoms with Gasteiger partial charge in [-0.3, -0.25) is 4.98 Å². The number of nitriles is 1. The molecule has 2 N–H and O–H groups in total. The van der Waals surface area contributed by atoms with Crippen LogP contribution in [0, 0.1) is 17.2 Å². The van der Waals surface area contributed by atoms with E-state index in [2.05, 4.69) is 4.98 Å². The molecule has 1 aromatic heterocycles. The van der Waals surface area contributed by atoms with Crippen LogP contribution in [0.25, 0.3) is 0 Å². The molecule has 14 heavy (non-hydrogen) atoms. The molecule has 1 atom stereocenters. The highest BCUT2D eigenvalue weighted by Crippen LogP contribution is 2.36. The first-order valence-electron chi connectivity index (χ1n) is 4.91. The molecule has 1 saturated carbocycles. The Labute approximate surface area is 83.6 Å². The zero-order valence-corrected chi connectivity index (χ0v) is 7.98. The van der Waals surface area contributed by atoms with Crippen LogP contribution in [0.1, 0.15) is 36.6 Å². The highest BCUT2D eigenvalue weighted by atomic mass is 14.8. The molecule has 0 aliphatic heterocycles. The number of nitrogens with two attached hydrogens (primary N) is 1. The number of nitrogens with zero attached hydrogens (tertiary/aromatic N) is 2. The van der Waals surface area contributed by atoms with Crippen molar-refractivity contribution in [3.05, 3.63) is 29.6 Å². The highest BCUT2D eigenvalue weighted by molar-refractivity contribution is 5.27. The molecule has 3 nitrogen and oxygen atoms in total. The van der Waals surface area contributed by atoms with Crippen LogP contribution in [0.15, 0.2) is 18.3 Å². The lowest BCUT2D eigenvalue weighted by molar-refractivity contribution is 0.583.